The molecule has 0 saturated carbocycles. The molecule has 15 heteroatoms. The summed E-state index contributed by atoms with van der Waals surface area (Å²) >= 11 is 0.950. The van der Waals surface area contributed by atoms with Gasteiger partial charge in [0, 0.05) is 56.6 Å². The maximum atomic E-state index is 14.0. The van der Waals surface area contributed by atoms with Gasteiger partial charge in [0.2, 0.25) is 5.88 Å². The van der Waals surface area contributed by atoms with Crippen molar-refractivity contribution in [2.75, 3.05) is 44.1 Å². The number of ether oxygens (including phenoxy) is 1. The van der Waals surface area contributed by atoms with E-state index >= 15 is 0 Å². The number of amides is 1. The predicted octanol–water partition coefficient (Wildman–Crippen LogP) is 1.76. The Kier molecular flexibility index (Phi) is 8.82. The second kappa shape index (κ2) is 11.6. The number of carbonyl (C=O) groups is 1. The third-order valence-electron chi connectivity index (χ3n) is 4.71. The number of nitrogens with one attached hydrogen (secondary N) is 1. The maximum absolute atomic E-state index is 14.0. The van der Waals surface area contributed by atoms with Crippen LogP contribution in [-0.4, -0.2) is 83.3 Å². The molecule has 0 bridgehead atoms. The molecular weight excluding hydrogens is 496 g/mol. The monoisotopic (exact) mass is 519 g/mol. The van der Waals surface area contributed by atoms with E-state index in [1.54, 1.807) is 0 Å². The van der Waals surface area contributed by atoms with E-state index in [0.29, 0.717) is 6.42 Å². The van der Waals surface area contributed by atoms with Crippen molar-refractivity contribution in [3.05, 3.63) is 41.5 Å². The lowest BCUT2D eigenvalue weighted by atomic mass is 10.2. The molecule has 1 saturated heterocycles. The first-order chi connectivity index (χ1) is 16.2. The van der Waals surface area contributed by atoms with Crippen molar-refractivity contribution < 1.29 is 36.9 Å². The topological polar surface area (TPSA) is 145 Å². The Morgan fingerprint density at radius 1 is 1.21 bits per heavy atom. The normalized spacial score (nSPS) is 14.7. The molecule has 1 amide bonds. The lowest BCUT2D eigenvalue weighted by molar-refractivity contribution is 0.126. The highest BCUT2D eigenvalue weighted by Gasteiger charge is 2.29. The van der Waals surface area contributed by atoms with Gasteiger partial charge in [-0.3, -0.25) is 4.72 Å². The van der Waals surface area contributed by atoms with Crippen molar-refractivity contribution in [2.45, 2.75) is 17.3 Å². The molecule has 186 valence electrons. The minimum Gasteiger partial charge on any atom is -0.477 e. The molecule has 3 rings (SSSR count). The number of hydrogen-bond donors (Lipinski definition) is 3. The molecule has 1 aliphatic heterocycles. The zero-order valence-corrected chi connectivity index (χ0v) is 19.5. The van der Waals surface area contributed by atoms with Gasteiger partial charge in [0.05, 0.1) is 6.61 Å². The fourth-order valence-corrected chi connectivity index (χ4v) is 4.92. The zero-order valence-electron chi connectivity index (χ0n) is 17.9. The van der Waals surface area contributed by atoms with E-state index in [-0.39, 0.29) is 67.6 Å². The molecule has 1 aromatic carbocycles. The van der Waals surface area contributed by atoms with Crippen LogP contribution in [0.2, 0.25) is 0 Å². The fourth-order valence-electron chi connectivity index (χ4n) is 2.95. The van der Waals surface area contributed by atoms with Gasteiger partial charge in [0.25, 0.3) is 0 Å². The Hall–Kier alpha value is -2.75. The van der Waals surface area contributed by atoms with Gasteiger partial charge >= 0.3 is 16.3 Å². The van der Waals surface area contributed by atoms with Crippen LogP contribution in [0.15, 0.2) is 29.4 Å². The fraction of sp³-hybridized carbons (Fsp3) is 0.421. The van der Waals surface area contributed by atoms with Crippen LogP contribution in [0.1, 0.15) is 12.0 Å². The number of benzene rings is 1. The lowest BCUT2D eigenvalue weighted by Crippen LogP contribution is -2.51. The molecule has 2 aromatic rings. The van der Waals surface area contributed by atoms with Crippen LogP contribution in [-0.2, 0) is 16.0 Å². The second-order valence-corrected chi connectivity index (χ2v) is 9.69. The summed E-state index contributed by atoms with van der Waals surface area (Å²) in [5, 5.41) is 18.0. The quantitative estimate of drug-likeness (QED) is 0.243. The Balaban J connectivity index is 1.76. The summed E-state index contributed by atoms with van der Waals surface area (Å²) in [4.78, 5) is 20.4. The highest BCUT2D eigenvalue weighted by Crippen LogP contribution is 2.26. The molecule has 0 aliphatic carbocycles. The van der Waals surface area contributed by atoms with E-state index in [9.17, 15) is 22.0 Å². The maximum Gasteiger partial charge on any atom is 0.407 e. The third kappa shape index (κ3) is 6.88. The number of aromatic nitrogens is 2. The Labute approximate surface area is 198 Å². The van der Waals surface area contributed by atoms with E-state index in [2.05, 4.69) is 14.7 Å². The minimum atomic E-state index is -4.06. The number of halogens is 2. The van der Waals surface area contributed by atoms with Gasteiger partial charge < -0.3 is 19.8 Å². The summed E-state index contributed by atoms with van der Waals surface area (Å²) in [6, 6.07) is 5.04. The predicted molar refractivity (Wildman–Crippen MR) is 119 cm³/mol. The summed E-state index contributed by atoms with van der Waals surface area (Å²) in [6.07, 6.45) is -0.808. The molecule has 11 nitrogen and oxygen atoms in total. The number of aliphatic hydroxyl groups is 1. The van der Waals surface area contributed by atoms with Crippen LogP contribution in [0.4, 0.5) is 19.4 Å². The minimum absolute atomic E-state index is 0.0208. The van der Waals surface area contributed by atoms with Crippen molar-refractivity contribution in [3.8, 4) is 5.88 Å². The molecule has 2 heterocycles. The standard InChI is InChI=1S/C19H23F2N5O6S2/c20-14-4-1-3-13(17(14)21)12-33-18-22-15(11-16(23-18)32-10-2-9-27)24-34(30,31)26-7-5-25(6-8-26)19(28)29/h1,3-4,11,27H,2,5-10,12H2,(H,28,29)(H,22,23,24). The summed E-state index contributed by atoms with van der Waals surface area (Å²) in [5.41, 5.74) is 0.0821. The number of anilines is 1. The van der Waals surface area contributed by atoms with Crippen molar-refractivity contribution in [3.63, 3.8) is 0 Å². The van der Waals surface area contributed by atoms with Gasteiger partial charge in [-0.15, -0.1) is 0 Å². The number of hydrogen-bond acceptors (Lipinski definition) is 8. The first-order valence-corrected chi connectivity index (χ1v) is 12.6. The summed E-state index contributed by atoms with van der Waals surface area (Å²) in [7, 11) is -4.06. The first-order valence-electron chi connectivity index (χ1n) is 10.1. The molecule has 34 heavy (non-hydrogen) atoms. The van der Waals surface area contributed by atoms with Gasteiger partial charge in [0.15, 0.2) is 16.8 Å². The summed E-state index contributed by atoms with van der Waals surface area (Å²) < 4.78 is 61.9. The van der Waals surface area contributed by atoms with Gasteiger partial charge in [-0.1, -0.05) is 23.9 Å². The highest BCUT2D eigenvalue weighted by atomic mass is 32.2. The van der Waals surface area contributed by atoms with Crippen molar-refractivity contribution in [1.82, 2.24) is 19.2 Å². The van der Waals surface area contributed by atoms with Crippen molar-refractivity contribution in [1.29, 1.82) is 0 Å². The largest absolute Gasteiger partial charge is 0.477 e. The number of thioether (sulfide) groups is 1. The smallest absolute Gasteiger partial charge is 0.407 e. The van der Waals surface area contributed by atoms with E-state index in [1.165, 1.54) is 18.2 Å². The van der Waals surface area contributed by atoms with Crippen molar-refractivity contribution >= 4 is 33.9 Å². The van der Waals surface area contributed by atoms with E-state index in [4.69, 9.17) is 14.9 Å². The zero-order chi connectivity index (χ0) is 24.7. The van der Waals surface area contributed by atoms with Gasteiger partial charge in [0.1, 0.15) is 5.82 Å². The van der Waals surface area contributed by atoms with Crippen LogP contribution < -0.4 is 9.46 Å². The molecule has 1 aliphatic rings. The van der Waals surface area contributed by atoms with Gasteiger partial charge in [-0.05, 0) is 6.07 Å². The highest BCUT2D eigenvalue weighted by molar-refractivity contribution is 7.98. The number of carboxylic acid groups (broad SMARTS) is 1. The second-order valence-electron chi connectivity index (χ2n) is 7.08. The van der Waals surface area contributed by atoms with Crippen LogP contribution in [0.25, 0.3) is 0 Å². The number of nitrogens with zero attached hydrogens (tertiary/aromatic N) is 4. The SMILES string of the molecule is O=C(O)N1CCN(S(=O)(=O)Nc2cc(OCCCO)nc(SCc3cccc(F)c3F)n2)CC1. The molecule has 0 unspecified atom stereocenters. The average Bonchev–Trinajstić information content (AvgIpc) is 2.80. The summed E-state index contributed by atoms with van der Waals surface area (Å²) in [5.74, 6) is -2.09. The van der Waals surface area contributed by atoms with Crippen LogP contribution in [0.5, 0.6) is 5.88 Å². The number of aliphatic hydroxyl groups excluding tert-OH is 1. The number of piperazine rings is 1. The van der Waals surface area contributed by atoms with E-state index in [0.717, 1.165) is 27.0 Å². The van der Waals surface area contributed by atoms with Gasteiger partial charge in [-0.25, -0.2) is 18.6 Å². The Morgan fingerprint density at radius 2 is 1.94 bits per heavy atom. The Bertz CT molecular complexity index is 1120. The lowest BCUT2D eigenvalue weighted by Gasteiger charge is -2.32. The molecular formula is C19H23F2N5O6S2. The van der Waals surface area contributed by atoms with Crippen LogP contribution in [0, 0.1) is 11.6 Å². The van der Waals surface area contributed by atoms with E-state index < -0.39 is 27.9 Å². The third-order valence-corrected chi connectivity index (χ3v) is 7.11. The van der Waals surface area contributed by atoms with Crippen molar-refractivity contribution in [2.24, 2.45) is 0 Å². The first kappa shape index (κ1) is 25.9. The Morgan fingerprint density at radius 3 is 2.62 bits per heavy atom. The molecule has 0 radical (unpaired) electrons. The molecule has 3 N–H and O–H groups in total. The van der Waals surface area contributed by atoms with Crippen LogP contribution in [0.3, 0.4) is 0 Å². The molecule has 1 fully saturated rings. The molecule has 1 aromatic heterocycles. The number of rotatable bonds is 10. The van der Waals surface area contributed by atoms with E-state index in [1.807, 2.05) is 0 Å². The summed E-state index contributed by atoms with van der Waals surface area (Å²) in [6.45, 7) is -0.0292. The molecule has 0 spiro atoms. The van der Waals surface area contributed by atoms with Crippen LogP contribution >= 0.6 is 11.8 Å². The average molecular weight is 520 g/mol. The molecule has 0 atom stereocenters. The van der Waals surface area contributed by atoms with Gasteiger partial charge in [-0.2, -0.15) is 17.7 Å².